The third-order valence-corrected chi connectivity index (χ3v) is 3.00. The second kappa shape index (κ2) is 6.38. The van der Waals surface area contributed by atoms with Gasteiger partial charge in [0.05, 0.1) is 6.61 Å². The maximum Gasteiger partial charge on any atom is 0.0589 e. The number of ether oxygens (including phenoxy) is 1. The van der Waals surface area contributed by atoms with Gasteiger partial charge in [-0.25, -0.2) is 0 Å². The summed E-state index contributed by atoms with van der Waals surface area (Å²) < 4.78 is 5.14. The number of rotatable bonds is 8. The second-order valence-corrected chi connectivity index (χ2v) is 4.11. The van der Waals surface area contributed by atoms with Gasteiger partial charge in [-0.3, -0.25) is 4.90 Å². The second-order valence-electron chi connectivity index (χ2n) is 4.11. The fraction of sp³-hybridized carbons (Fsp3) is 1.00. The van der Waals surface area contributed by atoms with Crippen LogP contribution in [0.3, 0.4) is 0 Å². The molecule has 0 spiro atoms. The SMILES string of the molecule is CCC(CN(CCOC)C1CC1)NC. The Bertz CT molecular complexity index is 144. The highest BCUT2D eigenvalue weighted by molar-refractivity contribution is 4.86. The smallest absolute Gasteiger partial charge is 0.0589 e. The van der Waals surface area contributed by atoms with Gasteiger partial charge in [0.15, 0.2) is 0 Å². The average molecular weight is 200 g/mol. The van der Waals surface area contributed by atoms with Crippen molar-refractivity contribution in [3.63, 3.8) is 0 Å². The number of hydrogen-bond acceptors (Lipinski definition) is 3. The number of nitrogens with zero attached hydrogens (tertiary/aromatic N) is 1. The van der Waals surface area contributed by atoms with E-state index in [4.69, 9.17) is 4.74 Å². The molecule has 84 valence electrons. The van der Waals surface area contributed by atoms with Crippen LogP contribution in [0.4, 0.5) is 0 Å². The fourth-order valence-electron chi connectivity index (χ4n) is 1.78. The van der Waals surface area contributed by atoms with E-state index in [1.54, 1.807) is 7.11 Å². The van der Waals surface area contributed by atoms with Crippen LogP contribution in [-0.2, 0) is 4.74 Å². The van der Waals surface area contributed by atoms with Gasteiger partial charge in [-0.05, 0) is 26.3 Å². The Morgan fingerprint density at radius 1 is 1.50 bits per heavy atom. The molecule has 1 N–H and O–H groups in total. The van der Waals surface area contributed by atoms with Crippen molar-refractivity contribution < 1.29 is 4.74 Å². The third kappa shape index (κ3) is 3.95. The molecule has 1 fully saturated rings. The highest BCUT2D eigenvalue weighted by Crippen LogP contribution is 2.26. The van der Waals surface area contributed by atoms with Gasteiger partial charge in [-0.1, -0.05) is 6.92 Å². The van der Waals surface area contributed by atoms with Gasteiger partial charge in [0.25, 0.3) is 0 Å². The first-order valence-corrected chi connectivity index (χ1v) is 5.72. The monoisotopic (exact) mass is 200 g/mol. The molecule has 0 bridgehead atoms. The molecule has 0 aliphatic heterocycles. The minimum absolute atomic E-state index is 0.632. The van der Waals surface area contributed by atoms with Crippen LogP contribution in [0.25, 0.3) is 0 Å². The summed E-state index contributed by atoms with van der Waals surface area (Å²) in [7, 11) is 3.83. The lowest BCUT2D eigenvalue weighted by molar-refractivity contribution is 0.136. The van der Waals surface area contributed by atoms with Crippen LogP contribution < -0.4 is 5.32 Å². The zero-order chi connectivity index (χ0) is 10.4. The van der Waals surface area contributed by atoms with E-state index < -0.39 is 0 Å². The Morgan fingerprint density at radius 3 is 2.64 bits per heavy atom. The summed E-state index contributed by atoms with van der Waals surface area (Å²) in [6, 6.07) is 1.47. The summed E-state index contributed by atoms with van der Waals surface area (Å²) >= 11 is 0. The van der Waals surface area contributed by atoms with Crippen LogP contribution in [0, 0.1) is 0 Å². The summed E-state index contributed by atoms with van der Waals surface area (Å²) in [6.07, 6.45) is 3.96. The van der Waals surface area contributed by atoms with Gasteiger partial charge >= 0.3 is 0 Å². The standard InChI is InChI=1S/C11H24N2O/c1-4-10(12-2)9-13(7-8-14-3)11-5-6-11/h10-12H,4-9H2,1-3H3. The van der Waals surface area contributed by atoms with Gasteiger partial charge in [0.1, 0.15) is 0 Å². The van der Waals surface area contributed by atoms with E-state index in [1.165, 1.54) is 25.8 Å². The zero-order valence-corrected chi connectivity index (χ0v) is 9.75. The molecule has 0 aromatic rings. The van der Waals surface area contributed by atoms with Crippen molar-refractivity contribution in [2.45, 2.75) is 38.3 Å². The highest BCUT2D eigenvalue weighted by atomic mass is 16.5. The molecule has 1 aliphatic carbocycles. The predicted octanol–water partition coefficient (Wildman–Crippen LogP) is 1.10. The van der Waals surface area contributed by atoms with Crippen molar-refractivity contribution >= 4 is 0 Å². The minimum atomic E-state index is 0.632. The van der Waals surface area contributed by atoms with Gasteiger partial charge < -0.3 is 10.1 Å². The molecule has 0 aromatic heterocycles. The topological polar surface area (TPSA) is 24.5 Å². The van der Waals surface area contributed by atoms with Crippen LogP contribution in [0.2, 0.25) is 0 Å². The van der Waals surface area contributed by atoms with E-state index in [0.29, 0.717) is 6.04 Å². The third-order valence-electron chi connectivity index (χ3n) is 3.00. The number of nitrogens with one attached hydrogen (secondary N) is 1. The molecule has 1 aliphatic rings. The molecule has 1 atom stereocenters. The molecule has 3 heteroatoms. The fourth-order valence-corrected chi connectivity index (χ4v) is 1.78. The van der Waals surface area contributed by atoms with E-state index in [0.717, 1.165) is 19.2 Å². The van der Waals surface area contributed by atoms with E-state index in [9.17, 15) is 0 Å². The first-order chi connectivity index (χ1) is 6.81. The van der Waals surface area contributed by atoms with Gasteiger partial charge in [0, 0.05) is 32.3 Å². The molecule has 1 rings (SSSR count). The van der Waals surface area contributed by atoms with Crippen molar-refractivity contribution in [2.75, 3.05) is 33.9 Å². The van der Waals surface area contributed by atoms with Gasteiger partial charge in [-0.15, -0.1) is 0 Å². The predicted molar refractivity (Wildman–Crippen MR) is 59.6 cm³/mol. The molecular formula is C11H24N2O. The Balaban J connectivity index is 2.26. The van der Waals surface area contributed by atoms with Crippen molar-refractivity contribution in [2.24, 2.45) is 0 Å². The van der Waals surface area contributed by atoms with Crippen molar-refractivity contribution in [3.8, 4) is 0 Å². The first kappa shape index (κ1) is 12.0. The highest BCUT2D eigenvalue weighted by Gasteiger charge is 2.29. The Kier molecular flexibility index (Phi) is 5.45. The summed E-state index contributed by atoms with van der Waals surface area (Å²) in [5, 5.41) is 3.36. The molecule has 0 saturated heterocycles. The first-order valence-electron chi connectivity index (χ1n) is 5.72. The maximum absolute atomic E-state index is 5.14. The molecule has 3 nitrogen and oxygen atoms in total. The van der Waals surface area contributed by atoms with E-state index in [-0.39, 0.29) is 0 Å². The van der Waals surface area contributed by atoms with Crippen LogP contribution >= 0.6 is 0 Å². The summed E-state index contributed by atoms with van der Waals surface area (Å²) in [5.41, 5.74) is 0. The summed E-state index contributed by atoms with van der Waals surface area (Å²) in [4.78, 5) is 2.56. The zero-order valence-electron chi connectivity index (χ0n) is 9.75. The van der Waals surface area contributed by atoms with Crippen molar-refractivity contribution in [1.29, 1.82) is 0 Å². The lowest BCUT2D eigenvalue weighted by Crippen LogP contribution is -2.41. The largest absolute Gasteiger partial charge is 0.383 e. The van der Waals surface area contributed by atoms with Crippen LogP contribution in [-0.4, -0.2) is 50.8 Å². The van der Waals surface area contributed by atoms with E-state index in [2.05, 4.69) is 24.2 Å². The van der Waals surface area contributed by atoms with Crippen LogP contribution in [0.1, 0.15) is 26.2 Å². The van der Waals surface area contributed by atoms with E-state index >= 15 is 0 Å². The molecular weight excluding hydrogens is 176 g/mol. The quantitative estimate of drug-likeness (QED) is 0.635. The van der Waals surface area contributed by atoms with Gasteiger partial charge in [0.2, 0.25) is 0 Å². The Labute approximate surface area is 87.8 Å². The number of hydrogen-bond donors (Lipinski definition) is 1. The normalized spacial score (nSPS) is 18.9. The molecule has 0 aromatic carbocycles. The Hall–Kier alpha value is -0.120. The minimum Gasteiger partial charge on any atom is -0.383 e. The maximum atomic E-state index is 5.14. The molecule has 0 amide bonds. The van der Waals surface area contributed by atoms with E-state index in [1.807, 2.05) is 0 Å². The number of methoxy groups -OCH3 is 1. The molecule has 14 heavy (non-hydrogen) atoms. The molecule has 0 radical (unpaired) electrons. The summed E-state index contributed by atoms with van der Waals surface area (Å²) in [5.74, 6) is 0. The molecule has 0 heterocycles. The van der Waals surface area contributed by atoms with Crippen molar-refractivity contribution in [3.05, 3.63) is 0 Å². The van der Waals surface area contributed by atoms with Gasteiger partial charge in [-0.2, -0.15) is 0 Å². The van der Waals surface area contributed by atoms with Crippen molar-refractivity contribution in [1.82, 2.24) is 10.2 Å². The molecule has 1 saturated carbocycles. The van der Waals surface area contributed by atoms with Crippen LogP contribution in [0.15, 0.2) is 0 Å². The van der Waals surface area contributed by atoms with Crippen LogP contribution in [0.5, 0.6) is 0 Å². The Morgan fingerprint density at radius 2 is 2.21 bits per heavy atom. The average Bonchev–Trinajstić information content (AvgIpc) is 3.02. The summed E-state index contributed by atoms with van der Waals surface area (Å²) in [6.45, 7) is 5.35. The lowest BCUT2D eigenvalue weighted by Gasteiger charge is -2.26. The molecule has 1 unspecified atom stereocenters. The lowest BCUT2D eigenvalue weighted by atomic mass is 10.2. The number of likely N-dealkylation sites (N-methyl/N-ethyl adjacent to an activating group) is 1.